The van der Waals surface area contributed by atoms with Gasteiger partial charge < -0.3 is 11.1 Å². The van der Waals surface area contributed by atoms with Gasteiger partial charge in [0.15, 0.2) is 0 Å². The topological polar surface area (TPSA) is 55.1 Å². The van der Waals surface area contributed by atoms with E-state index in [0.717, 1.165) is 12.0 Å². The molecule has 0 fully saturated rings. The molecule has 0 aliphatic rings. The zero-order chi connectivity index (χ0) is 12.8. The van der Waals surface area contributed by atoms with E-state index in [4.69, 9.17) is 17.3 Å². The Bertz CT molecular complexity index is 360. The third-order valence-electron chi connectivity index (χ3n) is 2.88. The molecule has 17 heavy (non-hydrogen) atoms. The smallest absolute Gasteiger partial charge is 0.224 e. The maximum atomic E-state index is 11.8. The van der Waals surface area contributed by atoms with Gasteiger partial charge in [0, 0.05) is 17.5 Å². The minimum absolute atomic E-state index is 0.0115. The summed E-state index contributed by atoms with van der Waals surface area (Å²) in [6.07, 6.45) is 0.760. The first-order valence-corrected chi connectivity index (χ1v) is 6.22. The van der Waals surface area contributed by atoms with E-state index in [9.17, 15) is 4.79 Å². The van der Waals surface area contributed by atoms with Gasteiger partial charge >= 0.3 is 0 Å². The molecule has 0 saturated carbocycles. The summed E-state index contributed by atoms with van der Waals surface area (Å²) in [5.41, 5.74) is 6.58. The molecule has 0 saturated heterocycles. The predicted molar refractivity (Wildman–Crippen MR) is 70.8 cm³/mol. The van der Waals surface area contributed by atoms with E-state index in [0.29, 0.717) is 11.6 Å². The second-order valence-electron chi connectivity index (χ2n) is 4.12. The Hall–Kier alpha value is -1.06. The zero-order valence-corrected chi connectivity index (χ0v) is 11.0. The van der Waals surface area contributed by atoms with Crippen molar-refractivity contribution in [1.82, 2.24) is 5.32 Å². The normalized spacial score (nSPS) is 14.1. The van der Waals surface area contributed by atoms with Gasteiger partial charge in [0.1, 0.15) is 0 Å². The van der Waals surface area contributed by atoms with Crippen molar-refractivity contribution in [2.75, 3.05) is 6.54 Å². The average Bonchev–Trinajstić information content (AvgIpc) is 2.31. The van der Waals surface area contributed by atoms with Crippen molar-refractivity contribution < 1.29 is 4.79 Å². The number of rotatable bonds is 5. The molecule has 0 spiro atoms. The molecular weight excluding hydrogens is 236 g/mol. The minimum atomic E-state index is -0.107. The lowest BCUT2D eigenvalue weighted by molar-refractivity contribution is -0.125. The molecule has 1 rings (SSSR count). The molecule has 1 unspecified atom stereocenters. The third-order valence-corrected chi connectivity index (χ3v) is 3.13. The second kappa shape index (κ2) is 6.62. The molecule has 4 heteroatoms. The Labute approximate surface area is 107 Å². The Morgan fingerprint density at radius 3 is 2.47 bits per heavy atom. The fourth-order valence-electron chi connectivity index (χ4n) is 1.63. The highest BCUT2D eigenvalue weighted by molar-refractivity contribution is 6.30. The van der Waals surface area contributed by atoms with E-state index >= 15 is 0 Å². The molecule has 0 aliphatic carbocycles. The van der Waals surface area contributed by atoms with Crippen LogP contribution in [0.25, 0.3) is 0 Å². The molecule has 2 atom stereocenters. The van der Waals surface area contributed by atoms with Crippen LogP contribution in [0.2, 0.25) is 5.02 Å². The van der Waals surface area contributed by atoms with E-state index in [1.165, 1.54) is 0 Å². The monoisotopic (exact) mass is 254 g/mol. The number of carbonyl (C=O) groups excluding carboxylic acids is 1. The van der Waals surface area contributed by atoms with E-state index in [2.05, 4.69) is 5.32 Å². The van der Waals surface area contributed by atoms with Crippen molar-refractivity contribution in [2.45, 2.75) is 26.3 Å². The van der Waals surface area contributed by atoms with Crippen molar-refractivity contribution in [3.05, 3.63) is 34.9 Å². The number of nitrogens with two attached hydrogens (primary N) is 1. The molecular formula is C13H19ClN2O. The summed E-state index contributed by atoms with van der Waals surface area (Å²) in [5.74, 6) is -0.0952. The van der Waals surface area contributed by atoms with Gasteiger partial charge in [-0.05, 0) is 31.0 Å². The lowest BCUT2D eigenvalue weighted by atomic mass is 10.0. The molecule has 94 valence electrons. The Morgan fingerprint density at radius 2 is 2.00 bits per heavy atom. The van der Waals surface area contributed by atoms with Crippen molar-refractivity contribution in [3.63, 3.8) is 0 Å². The van der Waals surface area contributed by atoms with Gasteiger partial charge in [-0.15, -0.1) is 0 Å². The number of benzene rings is 1. The standard InChI is InChI=1S/C13H19ClN2O/c1-3-10(8-15)13(17)16-9(2)11-4-6-12(14)7-5-11/h4-7,9-10H,3,8,15H2,1-2H3,(H,16,17)/t9-,10?/m1/s1. The molecule has 1 aromatic rings. The third kappa shape index (κ3) is 4.02. The Morgan fingerprint density at radius 1 is 1.41 bits per heavy atom. The van der Waals surface area contributed by atoms with Gasteiger partial charge in [0.25, 0.3) is 0 Å². The number of hydrogen-bond acceptors (Lipinski definition) is 2. The van der Waals surface area contributed by atoms with Crippen molar-refractivity contribution in [3.8, 4) is 0 Å². The zero-order valence-electron chi connectivity index (χ0n) is 10.2. The molecule has 1 amide bonds. The highest BCUT2D eigenvalue weighted by Crippen LogP contribution is 2.16. The molecule has 0 aliphatic heterocycles. The van der Waals surface area contributed by atoms with Gasteiger partial charge in [-0.25, -0.2) is 0 Å². The van der Waals surface area contributed by atoms with Crippen LogP contribution in [-0.2, 0) is 4.79 Å². The highest BCUT2D eigenvalue weighted by atomic mass is 35.5. The summed E-state index contributed by atoms with van der Waals surface area (Å²) < 4.78 is 0. The molecule has 0 bridgehead atoms. The van der Waals surface area contributed by atoms with E-state index < -0.39 is 0 Å². The van der Waals surface area contributed by atoms with E-state index in [1.807, 2.05) is 38.1 Å². The van der Waals surface area contributed by atoms with Crippen molar-refractivity contribution >= 4 is 17.5 Å². The molecule has 1 aromatic carbocycles. The number of nitrogens with one attached hydrogen (secondary N) is 1. The summed E-state index contributed by atoms with van der Waals surface area (Å²) in [6.45, 7) is 4.30. The second-order valence-corrected chi connectivity index (χ2v) is 4.56. The summed E-state index contributed by atoms with van der Waals surface area (Å²) in [6, 6.07) is 7.44. The first kappa shape index (κ1) is 14.0. The fourth-order valence-corrected chi connectivity index (χ4v) is 1.75. The fraction of sp³-hybridized carbons (Fsp3) is 0.462. The van der Waals surface area contributed by atoms with Gasteiger partial charge in [0.2, 0.25) is 5.91 Å². The number of hydrogen-bond donors (Lipinski definition) is 2. The minimum Gasteiger partial charge on any atom is -0.349 e. The van der Waals surface area contributed by atoms with Crippen LogP contribution in [0.15, 0.2) is 24.3 Å². The van der Waals surface area contributed by atoms with Crippen molar-refractivity contribution in [1.29, 1.82) is 0 Å². The van der Waals surface area contributed by atoms with E-state index in [-0.39, 0.29) is 17.9 Å². The maximum Gasteiger partial charge on any atom is 0.224 e. The Balaban J connectivity index is 2.62. The summed E-state index contributed by atoms with van der Waals surface area (Å²) in [5, 5.41) is 3.65. The number of amides is 1. The summed E-state index contributed by atoms with van der Waals surface area (Å²) >= 11 is 5.81. The first-order chi connectivity index (χ1) is 8.08. The maximum absolute atomic E-state index is 11.8. The van der Waals surface area contributed by atoms with Gasteiger partial charge in [0.05, 0.1) is 6.04 Å². The molecule has 0 radical (unpaired) electrons. The largest absolute Gasteiger partial charge is 0.349 e. The van der Waals surface area contributed by atoms with Crippen LogP contribution in [-0.4, -0.2) is 12.5 Å². The van der Waals surface area contributed by atoms with Crippen molar-refractivity contribution in [2.24, 2.45) is 11.7 Å². The van der Waals surface area contributed by atoms with Gasteiger partial charge in [-0.3, -0.25) is 4.79 Å². The predicted octanol–water partition coefficient (Wildman–Crippen LogP) is 2.50. The Kier molecular flexibility index (Phi) is 5.45. The molecule has 3 N–H and O–H groups in total. The van der Waals surface area contributed by atoms with Crippen LogP contribution in [0, 0.1) is 5.92 Å². The van der Waals surface area contributed by atoms with Crippen LogP contribution in [0.4, 0.5) is 0 Å². The first-order valence-electron chi connectivity index (χ1n) is 5.84. The van der Waals surface area contributed by atoms with Gasteiger partial charge in [-0.1, -0.05) is 30.7 Å². The molecule has 0 heterocycles. The van der Waals surface area contributed by atoms with Crippen LogP contribution in [0.3, 0.4) is 0 Å². The molecule has 0 aromatic heterocycles. The average molecular weight is 255 g/mol. The van der Waals surface area contributed by atoms with Gasteiger partial charge in [-0.2, -0.15) is 0 Å². The number of halogens is 1. The highest BCUT2D eigenvalue weighted by Gasteiger charge is 2.17. The van der Waals surface area contributed by atoms with Crippen LogP contribution in [0.1, 0.15) is 31.9 Å². The van der Waals surface area contributed by atoms with Crippen LogP contribution < -0.4 is 11.1 Å². The quantitative estimate of drug-likeness (QED) is 0.848. The summed E-state index contributed by atoms with van der Waals surface area (Å²) in [4.78, 5) is 11.8. The number of carbonyl (C=O) groups is 1. The lowest BCUT2D eigenvalue weighted by Gasteiger charge is -2.18. The summed E-state index contributed by atoms with van der Waals surface area (Å²) in [7, 11) is 0. The lowest BCUT2D eigenvalue weighted by Crippen LogP contribution is -2.36. The van der Waals surface area contributed by atoms with Crippen LogP contribution >= 0.6 is 11.6 Å². The SMILES string of the molecule is CCC(CN)C(=O)N[C@H](C)c1ccc(Cl)cc1. The van der Waals surface area contributed by atoms with Crippen LogP contribution in [0.5, 0.6) is 0 Å². The molecule has 3 nitrogen and oxygen atoms in total. The van der Waals surface area contributed by atoms with E-state index in [1.54, 1.807) is 0 Å².